The van der Waals surface area contributed by atoms with E-state index in [0.717, 1.165) is 0 Å². The van der Waals surface area contributed by atoms with Crippen LogP contribution in [0.2, 0.25) is 0 Å². The molecule has 4 atom stereocenters. The van der Waals surface area contributed by atoms with Crippen molar-refractivity contribution in [2.45, 2.75) is 48.3 Å². The van der Waals surface area contributed by atoms with E-state index in [2.05, 4.69) is 4.72 Å². The van der Waals surface area contributed by atoms with Gasteiger partial charge in [0.05, 0.1) is 10.5 Å². The zero-order valence-electron chi connectivity index (χ0n) is 13.7. The maximum Gasteiger partial charge on any atom is 0.337 e. The molecule has 8 heteroatoms. The van der Waals surface area contributed by atoms with Crippen LogP contribution in [0.25, 0.3) is 0 Å². The molecule has 7 nitrogen and oxygen atoms in total. The highest BCUT2D eigenvalue weighted by atomic mass is 32.2. The SMILES string of the molecule is C[C@]1(NS(=O)(=O)c2ccc(N)cc2)C=C2C(=O)O[C@@H]3CC[C@H](C1)[C@]23O. The molecule has 1 aromatic rings. The normalized spacial score (nSPS) is 36.7. The molecule has 1 saturated carbocycles. The fourth-order valence-electron chi connectivity index (χ4n) is 4.36. The van der Waals surface area contributed by atoms with Crippen molar-refractivity contribution in [1.82, 2.24) is 4.72 Å². The molecule has 0 amide bonds. The number of anilines is 1. The summed E-state index contributed by atoms with van der Waals surface area (Å²) >= 11 is 0. The largest absolute Gasteiger partial charge is 0.455 e. The summed E-state index contributed by atoms with van der Waals surface area (Å²) in [7, 11) is -3.80. The fourth-order valence-corrected chi connectivity index (χ4v) is 5.73. The molecule has 0 spiro atoms. The maximum absolute atomic E-state index is 12.7. The molecule has 1 aliphatic heterocycles. The average Bonchev–Trinajstić information content (AvgIpc) is 2.95. The lowest BCUT2D eigenvalue weighted by molar-refractivity contribution is -0.140. The summed E-state index contributed by atoms with van der Waals surface area (Å²) in [6.07, 6.45) is 2.67. The van der Waals surface area contributed by atoms with E-state index in [1.54, 1.807) is 6.92 Å². The van der Waals surface area contributed by atoms with Crippen molar-refractivity contribution in [3.05, 3.63) is 35.9 Å². The molecule has 2 aliphatic carbocycles. The van der Waals surface area contributed by atoms with E-state index in [0.29, 0.717) is 24.9 Å². The van der Waals surface area contributed by atoms with Gasteiger partial charge in [-0.05, 0) is 56.4 Å². The third-order valence-corrected chi connectivity index (χ3v) is 7.11. The second kappa shape index (κ2) is 5.06. The molecule has 0 aromatic heterocycles. The van der Waals surface area contributed by atoms with Crippen LogP contribution in [-0.2, 0) is 19.6 Å². The van der Waals surface area contributed by atoms with Crippen LogP contribution in [0.3, 0.4) is 0 Å². The van der Waals surface area contributed by atoms with Crippen molar-refractivity contribution in [3.63, 3.8) is 0 Å². The van der Waals surface area contributed by atoms with Gasteiger partial charge in [-0.15, -0.1) is 0 Å². The number of hydrogen-bond donors (Lipinski definition) is 3. The Morgan fingerprint density at radius 1 is 1.28 bits per heavy atom. The Kier molecular flexibility index (Phi) is 3.35. The van der Waals surface area contributed by atoms with E-state index in [-0.39, 0.29) is 16.4 Å². The number of aliphatic hydroxyl groups is 1. The molecule has 0 radical (unpaired) electrons. The number of rotatable bonds is 3. The molecule has 3 aliphatic rings. The predicted molar refractivity (Wildman–Crippen MR) is 89.8 cm³/mol. The minimum absolute atomic E-state index is 0.0976. The number of nitrogens with one attached hydrogen (secondary N) is 1. The van der Waals surface area contributed by atoms with E-state index in [9.17, 15) is 18.3 Å². The average molecular weight is 364 g/mol. The summed E-state index contributed by atoms with van der Waals surface area (Å²) in [5, 5.41) is 11.0. The molecular formula is C17H20N2O5S. The van der Waals surface area contributed by atoms with Crippen LogP contribution < -0.4 is 10.5 Å². The van der Waals surface area contributed by atoms with Gasteiger partial charge in [-0.2, -0.15) is 0 Å². The van der Waals surface area contributed by atoms with Gasteiger partial charge in [0.2, 0.25) is 10.0 Å². The van der Waals surface area contributed by atoms with Gasteiger partial charge in [-0.3, -0.25) is 0 Å². The van der Waals surface area contributed by atoms with Crippen LogP contribution in [0.5, 0.6) is 0 Å². The highest BCUT2D eigenvalue weighted by Gasteiger charge is 2.64. The lowest BCUT2D eigenvalue weighted by Crippen LogP contribution is -2.54. The Labute approximate surface area is 145 Å². The summed E-state index contributed by atoms with van der Waals surface area (Å²) in [6, 6.07) is 5.90. The van der Waals surface area contributed by atoms with Crippen molar-refractivity contribution in [2.75, 3.05) is 5.73 Å². The van der Waals surface area contributed by atoms with Crippen LogP contribution >= 0.6 is 0 Å². The molecule has 4 N–H and O–H groups in total. The summed E-state index contributed by atoms with van der Waals surface area (Å²) < 4.78 is 33.4. The lowest BCUT2D eigenvalue weighted by atomic mass is 9.71. The molecule has 1 heterocycles. The lowest BCUT2D eigenvalue weighted by Gasteiger charge is -2.40. The van der Waals surface area contributed by atoms with E-state index in [1.165, 1.54) is 30.3 Å². The van der Waals surface area contributed by atoms with Crippen LogP contribution in [0, 0.1) is 5.92 Å². The third-order valence-electron chi connectivity index (χ3n) is 5.48. The minimum atomic E-state index is -3.80. The van der Waals surface area contributed by atoms with Crippen molar-refractivity contribution in [2.24, 2.45) is 5.92 Å². The number of sulfonamides is 1. The molecule has 4 rings (SSSR count). The number of nitrogen functional groups attached to an aromatic ring is 1. The van der Waals surface area contributed by atoms with Crippen LogP contribution in [-0.4, -0.2) is 36.7 Å². The number of carbonyl (C=O) groups is 1. The predicted octanol–water partition coefficient (Wildman–Crippen LogP) is 0.702. The fraction of sp³-hybridized carbons (Fsp3) is 0.471. The number of benzene rings is 1. The van der Waals surface area contributed by atoms with Crippen LogP contribution in [0.15, 0.2) is 40.8 Å². The Hall–Kier alpha value is -1.90. The van der Waals surface area contributed by atoms with E-state index in [1.807, 2.05) is 0 Å². The Balaban J connectivity index is 1.70. The number of ether oxygens (including phenoxy) is 1. The summed E-state index contributed by atoms with van der Waals surface area (Å²) in [5.41, 5.74) is 3.98. The highest BCUT2D eigenvalue weighted by Crippen LogP contribution is 2.53. The molecular weight excluding hydrogens is 344 g/mol. The number of nitrogens with two attached hydrogens (primary N) is 1. The summed E-state index contributed by atoms with van der Waals surface area (Å²) in [5.74, 6) is -0.780. The summed E-state index contributed by atoms with van der Waals surface area (Å²) in [6.45, 7) is 1.72. The first kappa shape index (κ1) is 16.6. The first-order chi connectivity index (χ1) is 11.6. The van der Waals surface area contributed by atoms with Crippen molar-refractivity contribution < 1.29 is 23.1 Å². The van der Waals surface area contributed by atoms with Gasteiger partial charge in [0.1, 0.15) is 11.7 Å². The van der Waals surface area contributed by atoms with Gasteiger partial charge in [-0.1, -0.05) is 6.08 Å². The van der Waals surface area contributed by atoms with Crippen LogP contribution in [0.1, 0.15) is 26.2 Å². The molecule has 2 fully saturated rings. The first-order valence-electron chi connectivity index (χ1n) is 8.20. The zero-order chi connectivity index (χ0) is 18.0. The van der Waals surface area contributed by atoms with Gasteiger partial charge in [0, 0.05) is 11.2 Å². The Morgan fingerprint density at radius 3 is 2.64 bits per heavy atom. The van der Waals surface area contributed by atoms with Crippen molar-refractivity contribution >= 4 is 21.7 Å². The van der Waals surface area contributed by atoms with Gasteiger partial charge < -0.3 is 15.6 Å². The topological polar surface area (TPSA) is 119 Å². The molecule has 134 valence electrons. The van der Waals surface area contributed by atoms with Crippen molar-refractivity contribution in [1.29, 1.82) is 0 Å². The minimum Gasteiger partial charge on any atom is -0.455 e. The Morgan fingerprint density at radius 2 is 1.96 bits per heavy atom. The summed E-state index contributed by atoms with van der Waals surface area (Å²) in [4.78, 5) is 12.2. The third kappa shape index (κ3) is 2.39. The molecule has 1 saturated heterocycles. The van der Waals surface area contributed by atoms with E-state index in [4.69, 9.17) is 10.5 Å². The molecule has 1 aromatic carbocycles. The van der Waals surface area contributed by atoms with Gasteiger partial charge >= 0.3 is 5.97 Å². The number of carbonyl (C=O) groups excluding carboxylic acids is 1. The molecule has 0 bridgehead atoms. The van der Waals surface area contributed by atoms with Crippen LogP contribution in [0.4, 0.5) is 5.69 Å². The first-order valence-corrected chi connectivity index (χ1v) is 9.69. The second-order valence-electron chi connectivity index (χ2n) is 7.35. The number of hydrogen-bond acceptors (Lipinski definition) is 6. The van der Waals surface area contributed by atoms with Gasteiger partial charge in [0.25, 0.3) is 0 Å². The second-order valence-corrected chi connectivity index (χ2v) is 9.03. The highest BCUT2D eigenvalue weighted by molar-refractivity contribution is 7.89. The zero-order valence-corrected chi connectivity index (χ0v) is 14.5. The molecule has 0 unspecified atom stereocenters. The Bertz CT molecular complexity index is 879. The molecule has 25 heavy (non-hydrogen) atoms. The van der Waals surface area contributed by atoms with Gasteiger partial charge in [0.15, 0.2) is 0 Å². The van der Waals surface area contributed by atoms with Gasteiger partial charge in [-0.25, -0.2) is 17.9 Å². The van der Waals surface area contributed by atoms with E-state index >= 15 is 0 Å². The van der Waals surface area contributed by atoms with E-state index < -0.39 is 33.2 Å². The quantitative estimate of drug-likeness (QED) is 0.537. The smallest absolute Gasteiger partial charge is 0.337 e. The van der Waals surface area contributed by atoms with Crippen molar-refractivity contribution in [3.8, 4) is 0 Å². The number of esters is 1. The standard InChI is InChI=1S/C17H20N2O5S/c1-16(19-25(22,23)12-5-3-11(18)4-6-12)8-10-2-7-14-17(10,21)13(9-16)15(20)24-14/h3-6,9-10,14,19,21H,2,7-8,18H2,1H3/t10-,14-,16-,17+/m1/s1. The maximum atomic E-state index is 12.7. The monoisotopic (exact) mass is 364 g/mol.